The Balaban J connectivity index is 2.03. The summed E-state index contributed by atoms with van der Waals surface area (Å²) in [5.41, 5.74) is 1.12. The summed E-state index contributed by atoms with van der Waals surface area (Å²) in [5, 5.41) is 3.40. The minimum Gasteiger partial charge on any atom is -0.314 e. The maximum absolute atomic E-state index is 3.45. The van der Waals surface area contributed by atoms with E-state index in [0.717, 1.165) is 31.7 Å². The Morgan fingerprint density at radius 1 is 1.22 bits per heavy atom. The molecule has 1 heterocycles. The summed E-state index contributed by atoms with van der Waals surface area (Å²) in [6.45, 7) is 6.65. The predicted octanol–water partition coefficient (Wildman–Crippen LogP) is 2.11. The fourth-order valence-corrected chi connectivity index (χ4v) is 2.30. The van der Waals surface area contributed by atoms with Gasteiger partial charge in [0.05, 0.1) is 6.04 Å². The van der Waals surface area contributed by atoms with Crippen LogP contribution in [0.2, 0.25) is 0 Å². The molecule has 2 rings (SSSR count). The molecule has 1 atom stereocenters. The molecule has 1 aliphatic rings. The SMILES string of the molecule is CCCC(C#Cc1ccccc1)N1CCNCC1. The topological polar surface area (TPSA) is 15.3 Å². The van der Waals surface area contributed by atoms with Crippen molar-refractivity contribution < 1.29 is 0 Å². The zero-order chi connectivity index (χ0) is 12.6. The largest absolute Gasteiger partial charge is 0.314 e. The van der Waals surface area contributed by atoms with Crippen molar-refractivity contribution in [2.45, 2.75) is 25.8 Å². The van der Waals surface area contributed by atoms with Crippen LogP contribution in [-0.2, 0) is 0 Å². The molecule has 0 saturated carbocycles. The molecule has 0 amide bonds. The third kappa shape index (κ3) is 3.87. The molecule has 18 heavy (non-hydrogen) atoms. The van der Waals surface area contributed by atoms with Gasteiger partial charge in [0.15, 0.2) is 0 Å². The first-order chi connectivity index (χ1) is 8.90. The van der Waals surface area contributed by atoms with E-state index in [1.165, 1.54) is 12.8 Å². The van der Waals surface area contributed by atoms with Crippen LogP contribution in [0.25, 0.3) is 0 Å². The van der Waals surface area contributed by atoms with Crippen LogP contribution in [0, 0.1) is 11.8 Å². The molecule has 0 aliphatic carbocycles. The summed E-state index contributed by atoms with van der Waals surface area (Å²) >= 11 is 0. The summed E-state index contributed by atoms with van der Waals surface area (Å²) < 4.78 is 0. The van der Waals surface area contributed by atoms with Crippen LogP contribution in [0.1, 0.15) is 25.3 Å². The first kappa shape index (κ1) is 13.1. The van der Waals surface area contributed by atoms with Gasteiger partial charge in [-0.3, -0.25) is 4.90 Å². The number of hydrogen-bond acceptors (Lipinski definition) is 2. The molecule has 0 radical (unpaired) electrons. The fourth-order valence-electron chi connectivity index (χ4n) is 2.30. The quantitative estimate of drug-likeness (QED) is 0.817. The lowest BCUT2D eigenvalue weighted by molar-refractivity contribution is 0.199. The van der Waals surface area contributed by atoms with Gasteiger partial charge < -0.3 is 5.32 Å². The third-order valence-electron chi connectivity index (χ3n) is 3.31. The van der Waals surface area contributed by atoms with Gasteiger partial charge in [0, 0.05) is 31.7 Å². The first-order valence-corrected chi connectivity index (χ1v) is 6.91. The molecule has 2 nitrogen and oxygen atoms in total. The molecule has 1 saturated heterocycles. The highest BCUT2D eigenvalue weighted by atomic mass is 15.2. The van der Waals surface area contributed by atoms with Gasteiger partial charge in [-0.05, 0) is 18.6 Å². The van der Waals surface area contributed by atoms with E-state index in [9.17, 15) is 0 Å². The second-order valence-corrected chi connectivity index (χ2v) is 4.73. The molecule has 1 N–H and O–H groups in total. The first-order valence-electron chi connectivity index (χ1n) is 6.91. The summed E-state index contributed by atoms with van der Waals surface area (Å²) in [7, 11) is 0. The van der Waals surface area contributed by atoms with Gasteiger partial charge in [-0.15, -0.1) is 0 Å². The van der Waals surface area contributed by atoms with Crippen LogP contribution < -0.4 is 5.32 Å². The van der Waals surface area contributed by atoms with Crippen LogP contribution in [0.4, 0.5) is 0 Å². The third-order valence-corrected chi connectivity index (χ3v) is 3.31. The van der Waals surface area contributed by atoms with E-state index in [-0.39, 0.29) is 0 Å². The summed E-state index contributed by atoms with van der Waals surface area (Å²) in [6.07, 6.45) is 2.36. The van der Waals surface area contributed by atoms with Gasteiger partial charge in [0.2, 0.25) is 0 Å². The average Bonchev–Trinajstić information content (AvgIpc) is 2.45. The number of hydrogen-bond donors (Lipinski definition) is 1. The molecule has 1 unspecified atom stereocenters. The maximum atomic E-state index is 3.45. The van der Waals surface area contributed by atoms with E-state index in [1.807, 2.05) is 18.2 Å². The van der Waals surface area contributed by atoms with Crippen molar-refractivity contribution in [2.24, 2.45) is 0 Å². The summed E-state index contributed by atoms with van der Waals surface area (Å²) in [5.74, 6) is 6.77. The monoisotopic (exact) mass is 242 g/mol. The fraction of sp³-hybridized carbons (Fsp3) is 0.500. The number of benzene rings is 1. The van der Waals surface area contributed by atoms with Crippen LogP contribution in [0.3, 0.4) is 0 Å². The van der Waals surface area contributed by atoms with Gasteiger partial charge >= 0.3 is 0 Å². The van der Waals surface area contributed by atoms with Crippen molar-refractivity contribution in [3.8, 4) is 11.8 Å². The zero-order valence-corrected chi connectivity index (χ0v) is 11.2. The Bertz CT molecular complexity index is 396. The van der Waals surface area contributed by atoms with Gasteiger partial charge in [-0.2, -0.15) is 0 Å². The van der Waals surface area contributed by atoms with Crippen LogP contribution in [0.5, 0.6) is 0 Å². The van der Waals surface area contributed by atoms with E-state index in [0.29, 0.717) is 6.04 Å². The average molecular weight is 242 g/mol. The lowest BCUT2D eigenvalue weighted by Gasteiger charge is -2.31. The minimum atomic E-state index is 0.414. The molecule has 96 valence electrons. The Morgan fingerprint density at radius 2 is 1.94 bits per heavy atom. The predicted molar refractivity (Wildman–Crippen MR) is 76.5 cm³/mol. The lowest BCUT2D eigenvalue weighted by atomic mass is 10.1. The Kier molecular flexibility index (Phi) is 5.26. The smallest absolute Gasteiger partial charge is 0.0719 e. The van der Waals surface area contributed by atoms with Crippen LogP contribution >= 0.6 is 0 Å². The number of nitrogens with one attached hydrogen (secondary N) is 1. The van der Waals surface area contributed by atoms with Crippen molar-refractivity contribution >= 4 is 0 Å². The highest BCUT2D eigenvalue weighted by Crippen LogP contribution is 2.08. The molecule has 1 aliphatic heterocycles. The highest BCUT2D eigenvalue weighted by molar-refractivity contribution is 5.34. The van der Waals surface area contributed by atoms with Crippen LogP contribution in [-0.4, -0.2) is 37.1 Å². The molecule has 2 heteroatoms. The molecular formula is C16H22N2. The van der Waals surface area contributed by atoms with Crippen molar-refractivity contribution in [3.05, 3.63) is 35.9 Å². The summed E-state index contributed by atoms with van der Waals surface area (Å²) in [4.78, 5) is 2.51. The maximum Gasteiger partial charge on any atom is 0.0719 e. The van der Waals surface area contributed by atoms with Crippen molar-refractivity contribution in [1.29, 1.82) is 0 Å². The van der Waals surface area contributed by atoms with Gasteiger partial charge in [0.25, 0.3) is 0 Å². The Morgan fingerprint density at radius 3 is 2.61 bits per heavy atom. The van der Waals surface area contributed by atoms with E-state index in [2.05, 4.69) is 41.1 Å². The van der Waals surface area contributed by atoms with E-state index in [1.54, 1.807) is 0 Å². The second-order valence-electron chi connectivity index (χ2n) is 4.73. The minimum absolute atomic E-state index is 0.414. The number of nitrogens with zero attached hydrogens (tertiary/aromatic N) is 1. The Hall–Kier alpha value is -1.30. The number of rotatable bonds is 3. The van der Waals surface area contributed by atoms with E-state index in [4.69, 9.17) is 0 Å². The van der Waals surface area contributed by atoms with E-state index >= 15 is 0 Å². The van der Waals surface area contributed by atoms with Gasteiger partial charge in [0.1, 0.15) is 0 Å². The van der Waals surface area contributed by atoms with Crippen molar-refractivity contribution in [1.82, 2.24) is 10.2 Å². The Labute approximate surface area is 110 Å². The lowest BCUT2D eigenvalue weighted by Crippen LogP contribution is -2.48. The molecule has 1 fully saturated rings. The molecule has 1 aromatic carbocycles. The zero-order valence-electron chi connectivity index (χ0n) is 11.2. The van der Waals surface area contributed by atoms with Crippen molar-refractivity contribution in [3.63, 3.8) is 0 Å². The summed E-state index contributed by atoms with van der Waals surface area (Å²) in [6, 6.07) is 10.7. The second kappa shape index (κ2) is 7.20. The van der Waals surface area contributed by atoms with Crippen molar-refractivity contribution in [2.75, 3.05) is 26.2 Å². The van der Waals surface area contributed by atoms with E-state index < -0.39 is 0 Å². The van der Waals surface area contributed by atoms with Gasteiger partial charge in [-0.1, -0.05) is 43.4 Å². The molecule has 0 aromatic heterocycles. The van der Waals surface area contributed by atoms with Crippen LogP contribution in [0.15, 0.2) is 30.3 Å². The molecular weight excluding hydrogens is 220 g/mol. The molecule has 0 spiro atoms. The normalized spacial score (nSPS) is 17.8. The number of piperazine rings is 1. The highest BCUT2D eigenvalue weighted by Gasteiger charge is 2.17. The molecule has 0 bridgehead atoms. The standard InChI is InChI=1S/C16H22N2/c1-2-6-16(18-13-11-17-12-14-18)10-9-15-7-4-3-5-8-15/h3-5,7-8,16-17H,2,6,11-14H2,1H3. The molecule has 1 aromatic rings. The van der Waals surface area contributed by atoms with Gasteiger partial charge in [-0.25, -0.2) is 0 Å².